The van der Waals surface area contributed by atoms with Gasteiger partial charge in [0.25, 0.3) is 11.2 Å². The van der Waals surface area contributed by atoms with Crippen molar-refractivity contribution in [2.24, 2.45) is 14.1 Å². The summed E-state index contributed by atoms with van der Waals surface area (Å²) in [4.78, 5) is 43.1. The van der Waals surface area contributed by atoms with E-state index in [-0.39, 0.29) is 11.5 Å². The summed E-state index contributed by atoms with van der Waals surface area (Å²) in [6, 6.07) is 6.63. The van der Waals surface area contributed by atoms with Crippen LogP contribution in [0.4, 0.5) is 5.69 Å². The lowest BCUT2D eigenvalue weighted by Crippen LogP contribution is -2.36. The Hall–Kier alpha value is -3.23. The molecule has 0 saturated carbocycles. The molecule has 2 heterocycles. The number of rotatable bonds is 2. The van der Waals surface area contributed by atoms with Gasteiger partial charge in [0, 0.05) is 41.5 Å². The van der Waals surface area contributed by atoms with Gasteiger partial charge in [-0.05, 0) is 12.1 Å². The molecule has 9 heteroatoms. The third kappa shape index (κ3) is 2.41. The van der Waals surface area contributed by atoms with E-state index in [0.29, 0.717) is 17.1 Å². The molecule has 3 rings (SSSR count). The Morgan fingerprint density at radius 2 is 1.70 bits per heavy atom. The Kier molecular flexibility index (Phi) is 3.32. The highest BCUT2D eigenvalue weighted by Gasteiger charge is 2.19. The number of benzene rings is 1. The molecule has 0 aromatic heterocycles. The predicted molar refractivity (Wildman–Crippen MR) is 81.6 cm³/mol. The van der Waals surface area contributed by atoms with E-state index >= 15 is 0 Å². The number of aromatic nitrogens is 5. The first kappa shape index (κ1) is 14.7. The van der Waals surface area contributed by atoms with E-state index in [0.717, 1.165) is 9.33 Å². The van der Waals surface area contributed by atoms with E-state index in [9.17, 15) is 14.5 Å². The summed E-state index contributed by atoms with van der Waals surface area (Å²) >= 11 is 0. The maximum atomic E-state index is 12.2. The van der Waals surface area contributed by atoms with Crippen molar-refractivity contribution < 1.29 is 4.76 Å². The summed E-state index contributed by atoms with van der Waals surface area (Å²) < 4.78 is 2.98. The molecule has 0 radical (unpaired) electrons. The first-order valence-corrected chi connectivity index (χ1v) is 6.72. The van der Waals surface area contributed by atoms with Crippen molar-refractivity contribution >= 4 is 5.69 Å². The first-order valence-electron chi connectivity index (χ1n) is 6.72. The molecule has 1 aromatic carbocycles. The lowest BCUT2D eigenvalue weighted by molar-refractivity contribution is -0.428. The molecule has 0 N–H and O–H groups in total. The highest BCUT2D eigenvalue weighted by Crippen LogP contribution is 2.20. The van der Waals surface area contributed by atoms with Crippen molar-refractivity contribution in [3.05, 3.63) is 50.0 Å². The number of nitroso groups, excluding NO2 is 1. The zero-order valence-corrected chi connectivity index (χ0v) is 12.7. The molecule has 9 nitrogen and oxygen atoms in total. The summed E-state index contributed by atoms with van der Waals surface area (Å²) in [6.07, 6.45) is 0. The Morgan fingerprint density at radius 1 is 1.04 bits per heavy atom. The Bertz CT molecular complexity index is 1000. The Balaban J connectivity index is 2.24. The summed E-state index contributed by atoms with van der Waals surface area (Å²) in [5, 5.41) is 4.22. The topological polar surface area (TPSA) is 103 Å². The number of aryl methyl sites for hydroxylation is 1. The quantitative estimate of drug-likeness (QED) is 0.621. The fourth-order valence-corrected chi connectivity index (χ4v) is 2.14. The first-order chi connectivity index (χ1) is 10.9. The molecule has 0 bridgehead atoms. The van der Waals surface area contributed by atoms with E-state index in [1.165, 1.54) is 18.8 Å². The van der Waals surface area contributed by atoms with Crippen molar-refractivity contribution in [1.29, 1.82) is 0 Å². The van der Waals surface area contributed by atoms with Crippen LogP contribution < -0.4 is 11.2 Å². The lowest BCUT2D eigenvalue weighted by Gasteiger charge is -2.11. The van der Waals surface area contributed by atoms with Crippen molar-refractivity contribution in [1.82, 2.24) is 24.3 Å². The molecule has 1 aromatic rings. The standard InChI is InChI=1S/C14H13N6O3/c1-18-13(21)10-12(16-14(18)22)19(2)17-11(15-10)8-4-6-9(7-5-8)20(3)23/h4-7H,1-3H3/q+1. The highest BCUT2D eigenvalue weighted by molar-refractivity contribution is 5.60. The smallest absolute Gasteiger partial charge is 0.267 e. The zero-order chi connectivity index (χ0) is 16.7. The molecule has 0 unspecified atom stereocenters. The number of fused-ring (bicyclic) bond motifs is 1. The third-order valence-corrected chi connectivity index (χ3v) is 3.47. The van der Waals surface area contributed by atoms with Gasteiger partial charge in [-0.25, -0.2) is 14.5 Å². The van der Waals surface area contributed by atoms with E-state index < -0.39 is 11.2 Å². The van der Waals surface area contributed by atoms with Crippen LogP contribution in [-0.2, 0) is 14.1 Å². The second kappa shape index (κ2) is 5.20. The Morgan fingerprint density at radius 3 is 2.30 bits per heavy atom. The van der Waals surface area contributed by atoms with Crippen molar-refractivity contribution in [2.45, 2.75) is 0 Å². The van der Waals surface area contributed by atoms with Gasteiger partial charge < -0.3 is 0 Å². The maximum absolute atomic E-state index is 12.2. The largest absolute Gasteiger partial charge is 0.352 e. The molecule has 0 fully saturated rings. The molecule has 0 saturated heterocycles. The minimum atomic E-state index is -0.655. The number of hydrogen-bond donors (Lipinski definition) is 0. The average Bonchev–Trinajstić information content (AvgIpc) is 2.53. The molecule has 116 valence electrons. The molecule has 0 amide bonds. The van der Waals surface area contributed by atoms with Gasteiger partial charge in [0.15, 0.2) is 24.4 Å². The minimum absolute atomic E-state index is 0.0598. The van der Waals surface area contributed by atoms with E-state index in [1.807, 2.05) is 0 Å². The van der Waals surface area contributed by atoms with Gasteiger partial charge in [0.2, 0.25) is 0 Å². The van der Waals surface area contributed by atoms with Gasteiger partial charge >= 0.3 is 5.69 Å². The minimum Gasteiger partial charge on any atom is -0.267 e. The molecule has 2 aliphatic heterocycles. The van der Waals surface area contributed by atoms with Gasteiger partial charge in [-0.1, -0.05) is 0 Å². The maximum Gasteiger partial charge on any atom is 0.352 e. The van der Waals surface area contributed by atoms with Crippen molar-refractivity contribution in [2.75, 3.05) is 7.05 Å². The van der Waals surface area contributed by atoms with E-state index in [1.54, 1.807) is 31.3 Å². The van der Waals surface area contributed by atoms with Crippen LogP contribution in [-0.4, -0.2) is 36.1 Å². The molecular formula is C14H13N6O3+. The second-order valence-corrected chi connectivity index (χ2v) is 5.03. The van der Waals surface area contributed by atoms with Gasteiger partial charge in [0.1, 0.15) is 0 Å². The second-order valence-electron chi connectivity index (χ2n) is 5.03. The molecular weight excluding hydrogens is 300 g/mol. The number of hydrogen-bond acceptors (Lipinski definition) is 6. The zero-order valence-electron chi connectivity index (χ0n) is 12.7. The van der Waals surface area contributed by atoms with E-state index in [4.69, 9.17) is 0 Å². The van der Waals surface area contributed by atoms with Crippen LogP contribution in [0.5, 0.6) is 0 Å². The van der Waals surface area contributed by atoms with Crippen LogP contribution in [0.1, 0.15) is 0 Å². The van der Waals surface area contributed by atoms with Crippen LogP contribution in [0.15, 0.2) is 33.9 Å². The molecule has 2 aliphatic rings. The average molecular weight is 313 g/mol. The fourth-order valence-electron chi connectivity index (χ4n) is 2.14. The van der Waals surface area contributed by atoms with Gasteiger partial charge in [-0.3, -0.25) is 9.36 Å². The summed E-state index contributed by atoms with van der Waals surface area (Å²) in [7, 11) is 4.33. The number of nitrogens with zero attached hydrogens (tertiary/aromatic N) is 6. The SMILES string of the molecule is Cn1nc(-c2ccc([N+](C)=O)cc2)nc2c(=O)n(C)c(=O)nc1-2. The summed E-state index contributed by atoms with van der Waals surface area (Å²) in [6.45, 7) is 0. The van der Waals surface area contributed by atoms with Crippen LogP contribution >= 0.6 is 0 Å². The van der Waals surface area contributed by atoms with Gasteiger partial charge in [-0.15, -0.1) is 0 Å². The van der Waals surface area contributed by atoms with E-state index in [2.05, 4.69) is 15.1 Å². The van der Waals surface area contributed by atoms with Gasteiger partial charge in [0.05, 0.1) is 0 Å². The fraction of sp³-hybridized carbons (Fsp3) is 0.214. The summed E-state index contributed by atoms with van der Waals surface area (Å²) in [5.74, 6) is 0.426. The van der Waals surface area contributed by atoms with Gasteiger partial charge in [-0.2, -0.15) is 10.1 Å². The van der Waals surface area contributed by atoms with Crippen molar-refractivity contribution in [3.8, 4) is 22.9 Å². The lowest BCUT2D eigenvalue weighted by atomic mass is 10.2. The van der Waals surface area contributed by atoms with Crippen LogP contribution in [0.25, 0.3) is 22.9 Å². The molecule has 0 aliphatic carbocycles. The Labute approximate surface area is 129 Å². The van der Waals surface area contributed by atoms with Crippen LogP contribution in [0.2, 0.25) is 0 Å². The highest BCUT2D eigenvalue weighted by atomic mass is 16.3. The monoisotopic (exact) mass is 313 g/mol. The normalized spacial score (nSPS) is 10.9. The van der Waals surface area contributed by atoms with Crippen LogP contribution in [0, 0.1) is 4.91 Å². The molecule has 0 atom stereocenters. The third-order valence-electron chi connectivity index (χ3n) is 3.47. The molecule has 0 spiro atoms. The van der Waals surface area contributed by atoms with Crippen molar-refractivity contribution in [3.63, 3.8) is 0 Å². The summed E-state index contributed by atoms with van der Waals surface area (Å²) in [5.41, 5.74) is 0.00547. The predicted octanol–water partition coefficient (Wildman–Crippen LogP) is 0.0810. The van der Waals surface area contributed by atoms with Crippen LogP contribution in [0.3, 0.4) is 0 Å². The molecule has 23 heavy (non-hydrogen) atoms.